The van der Waals surface area contributed by atoms with Crippen LogP contribution in [-0.4, -0.2) is 35.8 Å². The van der Waals surface area contributed by atoms with Gasteiger partial charge in [-0.15, -0.1) is 0 Å². The highest BCUT2D eigenvalue weighted by Gasteiger charge is 2.90. The molecule has 0 aromatic carbocycles. The van der Waals surface area contributed by atoms with E-state index in [0.717, 1.165) is 44.9 Å². The van der Waals surface area contributed by atoms with Gasteiger partial charge in [-0.05, 0) is 18.9 Å². The van der Waals surface area contributed by atoms with Crippen LogP contribution in [0.15, 0.2) is 12.2 Å². The summed E-state index contributed by atoms with van der Waals surface area (Å²) in [6, 6.07) is 0. The Hall–Kier alpha value is -1.17. The molecule has 0 nitrogen and oxygen atoms in total. The number of hydrogen-bond donors (Lipinski definition) is 0. The lowest BCUT2D eigenvalue weighted by Gasteiger charge is -2.39. The van der Waals surface area contributed by atoms with Crippen molar-refractivity contribution >= 4 is 0 Å². The summed E-state index contributed by atoms with van der Waals surface area (Å²) < 4.78 is 169. The molecule has 0 aliphatic carbocycles. The third-order valence-electron chi connectivity index (χ3n) is 5.51. The lowest BCUT2D eigenvalue weighted by Crippen LogP contribution is -2.69. The van der Waals surface area contributed by atoms with Crippen molar-refractivity contribution < 1.29 is 57.1 Å². The number of alkyl halides is 13. The van der Waals surface area contributed by atoms with Gasteiger partial charge in [-0.2, -0.15) is 57.1 Å². The molecule has 0 aliphatic rings. The molecule has 0 fully saturated rings. The summed E-state index contributed by atoms with van der Waals surface area (Å²) in [4.78, 5) is 0. The zero-order valence-corrected chi connectivity index (χ0v) is 19.3. The van der Waals surface area contributed by atoms with Crippen LogP contribution in [0.3, 0.4) is 0 Å². The van der Waals surface area contributed by atoms with Crippen LogP contribution in [0.1, 0.15) is 90.4 Å². The fourth-order valence-electron chi connectivity index (χ4n) is 3.22. The third-order valence-corrected chi connectivity index (χ3v) is 5.51. The molecule has 0 heterocycles. The molecular weight excluding hydrogens is 511 g/mol. The first-order chi connectivity index (χ1) is 15.8. The van der Waals surface area contributed by atoms with Crippen molar-refractivity contribution in [2.75, 3.05) is 0 Å². The summed E-state index contributed by atoms with van der Waals surface area (Å²) in [5.41, 5.74) is 0. The molecular formula is C22H31F13. The summed E-state index contributed by atoms with van der Waals surface area (Å²) in [7, 11) is 0. The minimum absolute atomic E-state index is 0.161. The highest BCUT2D eigenvalue weighted by Crippen LogP contribution is 2.60. The summed E-state index contributed by atoms with van der Waals surface area (Å²) >= 11 is 0. The van der Waals surface area contributed by atoms with Gasteiger partial charge < -0.3 is 0 Å². The fraction of sp³-hybridized carbons (Fsp3) is 0.909. The highest BCUT2D eigenvalue weighted by molar-refractivity contribution is 5.15. The monoisotopic (exact) mass is 542 g/mol. The van der Waals surface area contributed by atoms with Crippen LogP contribution in [0.25, 0.3) is 0 Å². The van der Waals surface area contributed by atoms with E-state index < -0.39 is 41.9 Å². The first-order valence-electron chi connectivity index (χ1n) is 11.4. The predicted molar refractivity (Wildman–Crippen MR) is 106 cm³/mol. The zero-order valence-electron chi connectivity index (χ0n) is 19.3. The number of unbranched alkanes of at least 4 members (excludes halogenated alkanes) is 12. The van der Waals surface area contributed by atoms with Crippen LogP contribution >= 0.6 is 0 Å². The van der Waals surface area contributed by atoms with Crippen LogP contribution < -0.4 is 0 Å². The van der Waals surface area contributed by atoms with Crippen molar-refractivity contribution in [1.29, 1.82) is 0 Å². The molecule has 0 amide bonds. The second-order valence-electron chi connectivity index (χ2n) is 8.50. The average molecular weight is 542 g/mol. The van der Waals surface area contributed by atoms with Crippen LogP contribution in [0.4, 0.5) is 57.1 Å². The molecule has 0 saturated carbocycles. The Morgan fingerprint density at radius 1 is 0.429 bits per heavy atom. The van der Waals surface area contributed by atoms with Crippen molar-refractivity contribution in [3.63, 3.8) is 0 Å². The molecule has 0 N–H and O–H groups in total. The van der Waals surface area contributed by atoms with Gasteiger partial charge in [0.15, 0.2) is 0 Å². The Balaban J connectivity index is 4.70. The Kier molecular flexibility index (Phi) is 12.9. The lowest BCUT2D eigenvalue weighted by molar-refractivity contribution is -0.436. The van der Waals surface area contributed by atoms with Crippen LogP contribution in [0, 0.1) is 0 Å². The molecule has 0 unspecified atom stereocenters. The minimum atomic E-state index is -7.85. The van der Waals surface area contributed by atoms with Gasteiger partial charge in [-0.25, -0.2) is 0 Å². The minimum Gasteiger partial charge on any atom is -0.195 e. The molecule has 0 rings (SSSR count). The van der Waals surface area contributed by atoms with Crippen molar-refractivity contribution in [3.8, 4) is 0 Å². The highest BCUT2D eigenvalue weighted by atomic mass is 19.4. The van der Waals surface area contributed by atoms with Crippen LogP contribution in [0.2, 0.25) is 0 Å². The normalized spacial score (nSPS) is 14.8. The molecule has 13 heteroatoms. The summed E-state index contributed by atoms with van der Waals surface area (Å²) in [5, 5.41) is 0. The maximum Gasteiger partial charge on any atom is 0.460 e. The number of allylic oxidation sites excluding steroid dienone is 2. The van der Waals surface area contributed by atoms with Crippen molar-refractivity contribution in [1.82, 2.24) is 0 Å². The SMILES string of the molecule is CCCCCCCCCCCCCCC=CC(F)(F)C(F)(F)C(F)(F)C(F)(F)C(F)(F)C(F)(F)F. The first-order valence-corrected chi connectivity index (χ1v) is 11.4. The largest absolute Gasteiger partial charge is 0.460 e. The van der Waals surface area contributed by atoms with E-state index in [1.807, 2.05) is 0 Å². The topological polar surface area (TPSA) is 0 Å². The standard InChI is InChI=1S/C22H31F13/c1-2-3-4-5-6-7-8-9-10-11-12-13-14-15-16-17(23,24)18(25,26)19(27,28)20(29,30)21(31,32)22(33,34)35/h15-16H,2-14H2,1H3. The van der Waals surface area contributed by atoms with Crippen molar-refractivity contribution in [2.45, 2.75) is 126 Å². The smallest absolute Gasteiger partial charge is 0.195 e. The Morgan fingerprint density at radius 3 is 1.14 bits per heavy atom. The average Bonchev–Trinajstić information content (AvgIpc) is 2.72. The summed E-state index contributed by atoms with van der Waals surface area (Å²) in [6.07, 6.45) is 2.64. The number of halogens is 13. The van der Waals surface area contributed by atoms with Gasteiger partial charge in [0.05, 0.1) is 0 Å². The molecule has 0 atom stereocenters. The third kappa shape index (κ3) is 8.43. The quantitative estimate of drug-likeness (QED) is 0.0918. The molecule has 0 spiro atoms. The van der Waals surface area contributed by atoms with Gasteiger partial charge in [0.2, 0.25) is 0 Å². The van der Waals surface area contributed by atoms with Gasteiger partial charge in [0.1, 0.15) is 0 Å². The molecule has 0 radical (unpaired) electrons. The van der Waals surface area contributed by atoms with E-state index in [4.69, 9.17) is 0 Å². The van der Waals surface area contributed by atoms with E-state index in [1.54, 1.807) is 0 Å². The van der Waals surface area contributed by atoms with Crippen LogP contribution in [-0.2, 0) is 0 Å². The first kappa shape index (κ1) is 33.8. The second kappa shape index (κ2) is 13.4. The summed E-state index contributed by atoms with van der Waals surface area (Å²) in [6.45, 7) is 2.11. The van der Waals surface area contributed by atoms with Crippen molar-refractivity contribution in [3.05, 3.63) is 12.2 Å². The van der Waals surface area contributed by atoms with Gasteiger partial charge in [0, 0.05) is 0 Å². The molecule has 0 aromatic heterocycles. The van der Waals surface area contributed by atoms with E-state index in [-0.39, 0.29) is 18.9 Å². The number of hydrogen-bond acceptors (Lipinski definition) is 0. The predicted octanol–water partition coefficient (Wildman–Crippen LogP) is 10.4. The van der Waals surface area contributed by atoms with Crippen LogP contribution in [0.5, 0.6) is 0 Å². The van der Waals surface area contributed by atoms with Gasteiger partial charge >= 0.3 is 35.8 Å². The maximum absolute atomic E-state index is 13.6. The van der Waals surface area contributed by atoms with Gasteiger partial charge in [-0.1, -0.05) is 83.6 Å². The van der Waals surface area contributed by atoms with Gasteiger partial charge in [-0.3, -0.25) is 0 Å². The summed E-state index contributed by atoms with van der Waals surface area (Å²) in [5.74, 6) is -36.6. The molecule has 0 saturated heterocycles. The van der Waals surface area contributed by atoms with E-state index in [0.29, 0.717) is 12.8 Å². The molecule has 0 bridgehead atoms. The Bertz CT molecular complexity index is 621. The second-order valence-corrected chi connectivity index (χ2v) is 8.50. The van der Waals surface area contributed by atoms with E-state index in [2.05, 4.69) is 6.92 Å². The fourth-order valence-corrected chi connectivity index (χ4v) is 3.22. The Labute approximate surface area is 196 Å². The molecule has 0 aliphatic heterocycles. The Morgan fingerprint density at radius 2 is 0.771 bits per heavy atom. The molecule has 210 valence electrons. The van der Waals surface area contributed by atoms with E-state index >= 15 is 0 Å². The molecule has 0 aromatic rings. The van der Waals surface area contributed by atoms with E-state index in [1.165, 1.54) is 12.8 Å². The lowest BCUT2D eigenvalue weighted by atomic mass is 9.93. The van der Waals surface area contributed by atoms with Crippen molar-refractivity contribution in [2.24, 2.45) is 0 Å². The zero-order chi connectivity index (χ0) is 27.6. The van der Waals surface area contributed by atoms with E-state index in [9.17, 15) is 57.1 Å². The number of rotatable bonds is 18. The molecule has 35 heavy (non-hydrogen) atoms. The maximum atomic E-state index is 13.6. The van der Waals surface area contributed by atoms with Gasteiger partial charge in [0.25, 0.3) is 0 Å².